The van der Waals surface area contributed by atoms with Crippen LogP contribution in [0.1, 0.15) is 18.7 Å². The first-order valence-corrected chi connectivity index (χ1v) is 4.46. The van der Waals surface area contributed by atoms with Gasteiger partial charge in [0.25, 0.3) is 0 Å². The summed E-state index contributed by atoms with van der Waals surface area (Å²) in [7, 11) is 0. The van der Waals surface area contributed by atoms with Crippen LogP contribution in [0.25, 0.3) is 0 Å². The van der Waals surface area contributed by atoms with E-state index in [9.17, 15) is 5.11 Å². The average molecular weight is 231 g/mol. The molecule has 2 atom stereocenters. The molecule has 0 fully saturated rings. The number of hydrogen-bond acceptors (Lipinski definition) is 3. The molecule has 0 unspecified atom stereocenters. The van der Waals surface area contributed by atoms with E-state index in [0.29, 0.717) is 5.69 Å². The van der Waals surface area contributed by atoms with Gasteiger partial charge in [0.2, 0.25) is 0 Å². The van der Waals surface area contributed by atoms with Crippen molar-refractivity contribution < 1.29 is 5.11 Å². The highest BCUT2D eigenvalue weighted by Crippen LogP contribution is 2.14. The third-order valence-electron chi connectivity index (χ3n) is 1.60. The zero-order chi connectivity index (χ0) is 9.14. The SMILES string of the molecule is C[C@H](O)[C@@H](N)c1cccc(Br)n1. The molecule has 0 aliphatic rings. The number of halogens is 1. The molecule has 12 heavy (non-hydrogen) atoms. The summed E-state index contributed by atoms with van der Waals surface area (Å²) in [5, 5.41) is 9.18. The van der Waals surface area contributed by atoms with Crippen molar-refractivity contribution in [2.24, 2.45) is 5.73 Å². The molecule has 66 valence electrons. The maximum atomic E-state index is 9.18. The van der Waals surface area contributed by atoms with Crippen molar-refractivity contribution in [3.8, 4) is 0 Å². The number of aliphatic hydroxyl groups excluding tert-OH is 1. The van der Waals surface area contributed by atoms with Crippen LogP contribution < -0.4 is 5.73 Å². The fraction of sp³-hybridized carbons (Fsp3) is 0.375. The first-order valence-electron chi connectivity index (χ1n) is 3.67. The topological polar surface area (TPSA) is 59.1 Å². The molecule has 0 radical (unpaired) electrons. The van der Waals surface area contributed by atoms with E-state index in [4.69, 9.17) is 5.73 Å². The van der Waals surface area contributed by atoms with Gasteiger partial charge in [-0.3, -0.25) is 0 Å². The highest BCUT2D eigenvalue weighted by Gasteiger charge is 2.12. The van der Waals surface area contributed by atoms with Crippen molar-refractivity contribution in [2.75, 3.05) is 0 Å². The second kappa shape index (κ2) is 3.98. The Labute approximate surface area is 79.7 Å². The molecule has 3 nitrogen and oxygen atoms in total. The Balaban J connectivity index is 2.88. The highest BCUT2D eigenvalue weighted by atomic mass is 79.9. The Bertz CT molecular complexity index is 265. The normalized spacial score (nSPS) is 15.7. The molecule has 0 saturated heterocycles. The van der Waals surface area contributed by atoms with E-state index in [1.807, 2.05) is 12.1 Å². The number of pyridine rings is 1. The molecule has 0 aromatic carbocycles. The van der Waals surface area contributed by atoms with Gasteiger partial charge in [0.05, 0.1) is 17.8 Å². The van der Waals surface area contributed by atoms with E-state index >= 15 is 0 Å². The lowest BCUT2D eigenvalue weighted by Crippen LogP contribution is -2.24. The van der Waals surface area contributed by atoms with Crippen LogP contribution >= 0.6 is 15.9 Å². The summed E-state index contributed by atoms with van der Waals surface area (Å²) in [6, 6.07) is 5.04. The van der Waals surface area contributed by atoms with E-state index in [-0.39, 0.29) is 0 Å². The Morgan fingerprint density at radius 2 is 2.25 bits per heavy atom. The third kappa shape index (κ3) is 2.27. The maximum absolute atomic E-state index is 9.18. The number of hydrogen-bond donors (Lipinski definition) is 2. The van der Waals surface area contributed by atoms with Crippen molar-refractivity contribution >= 4 is 15.9 Å². The van der Waals surface area contributed by atoms with Crippen molar-refractivity contribution in [1.29, 1.82) is 0 Å². The third-order valence-corrected chi connectivity index (χ3v) is 2.04. The predicted octanol–water partition coefficient (Wildman–Crippen LogP) is 1.22. The number of aliphatic hydroxyl groups is 1. The molecule has 4 heteroatoms. The molecule has 0 aliphatic heterocycles. The second-order valence-electron chi connectivity index (χ2n) is 2.65. The fourth-order valence-electron chi connectivity index (χ4n) is 0.857. The summed E-state index contributed by atoms with van der Waals surface area (Å²) in [4.78, 5) is 4.13. The van der Waals surface area contributed by atoms with Crippen molar-refractivity contribution in [3.05, 3.63) is 28.5 Å². The molecule has 1 aromatic rings. The summed E-state index contributed by atoms with van der Waals surface area (Å²) in [6.45, 7) is 1.65. The Hall–Kier alpha value is -0.450. The van der Waals surface area contributed by atoms with Crippen LogP contribution in [-0.2, 0) is 0 Å². The maximum Gasteiger partial charge on any atom is 0.106 e. The van der Waals surface area contributed by atoms with E-state index in [1.165, 1.54) is 0 Å². The molecule has 0 spiro atoms. The Morgan fingerprint density at radius 3 is 2.75 bits per heavy atom. The van der Waals surface area contributed by atoms with Gasteiger partial charge in [-0.25, -0.2) is 4.98 Å². The smallest absolute Gasteiger partial charge is 0.106 e. The Kier molecular flexibility index (Phi) is 3.20. The molecule has 0 saturated carbocycles. The van der Waals surface area contributed by atoms with E-state index in [0.717, 1.165) is 4.60 Å². The molecule has 0 aliphatic carbocycles. The van der Waals surface area contributed by atoms with Crippen molar-refractivity contribution in [1.82, 2.24) is 4.98 Å². The van der Waals surface area contributed by atoms with Crippen LogP contribution in [-0.4, -0.2) is 16.2 Å². The van der Waals surface area contributed by atoms with Crippen LogP contribution in [0.3, 0.4) is 0 Å². The van der Waals surface area contributed by atoms with Crippen molar-refractivity contribution in [2.45, 2.75) is 19.1 Å². The average Bonchev–Trinajstić information content (AvgIpc) is 2.03. The lowest BCUT2D eigenvalue weighted by molar-refractivity contribution is 0.162. The van der Waals surface area contributed by atoms with Crippen LogP contribution in [0.4, 0.5) is 0 Å². The van der Waals surface area contributed by atoms with Crippen molar-refractivity contribution in [3.63, 3.8) is 0 Å². The zero-order valence-corrected chi connectivity index (χ0v) is 8.32. The molecule has 1 heterocycles. The lowest BCUT2D eigenvalue weighted by Gasteiger charge is -2.13. The number of nitrogens with two attached hydrogens (primary N) is 1. The molecule has 0 bridgehead atoms. The summed E-state index contributed by atoms with van der Waals surface area (Å²) >= 11 is 3.23. The van der Waals surface area contributed by atoms with Crippen LogP contribution in [0.5, 0.6) is 0 Å². The van der Waals surface area contributed by atoms with Crippen LogP contribution in [0.2, 0.25) is 0 Å². The molecular formula is C8H11BrN2O. The molecule has 1 aromatic heterocycles. The lowest BCUT2D eigenvalue weighted by atomic mass is 10.1. The van der Waals surface area contributed by atoms with Crippen LogP contribution in [0, 0.1) is 0 Å². The number of nitrogens with zero attached hydrogens (tertiary/aromatic N) is 1. The quantitative estimate of drug-likeness (QED) is 0.752. The van der Waals surface area contributed by atoms with Gasteiger partial charge in [0.1, 0.15) is 4.60 Å². The van der Waals surface area contributed by atoms with E-state index < -0.39 is 12.1 Å². The second-order valence-corrected chi connectivity index (χ2v) is 3.46. The minimum absolute atomic E-state index is 0.414. The fourth-order valence-corrected chi connectivity index (χ4v) is 1.21. The van der Waals surface area contributed by atoms with Gasteiger partial charge in [-0.2, -0.15) is 0 Å². The van der Waals surface area contributed by atoms with Gasteiger partial charge in [-0.1, -0.05) is 6.07 Å². The molecule has 1 rings (SSSR count). The van der Waals surface area contributed by atoms with Crippen LogP contribution in [0.15, 0.2) is 22.8 Å². The monoisotopic (exact) mass is 230 g/mol. The van der Waals surface area contributed by atoms with E-state index in [2.05, 4.69) is 20.9 Å². The summed E-state index contributed by atoms with van der Waals surface area (Å²) < 4.78 is 0.733. The number of aromatic nitrogens is 1. The van der Waals surface area contributed by atoms with Gasteiger partial charge in [-0.15, -0.1) is 0 Å². The minimum atomic E-state index is -0.577. The zero-order valence-electron chi connectivity index (χ0n) is 6.74. The van der Waals surface area contributed by atoms with Gasteiger partial charge >= 0.3 is 0 Å². The number of rotatable bonds is 2. The largest absolute Gasteiger partial charge is 0.391 e. The summed E-state index contributed by atoms with van der Waals surface area (Å²) in [5.41, 5.74) is 6.37. The van der Waals surface area contributed by atoms with Gasteiger partial charge < -0.3 is 10.8 Å². The molecular weight excluding hydrogens is 220 g/mol. The Morgan fingerprint density at radius 1 is 1.58 bits per heavy atom. The van der Waals surface area contributed by atoms with Gasteiger partial charge in [0, 0.05) is 0 Å². The molecule has 0 amide bonds. The first kappa shape index (κ1) is 9.64. The van der Waals surface area contributed by atoms with Gasteiger partial charge in [0.15, 0.2) is 0 Å². The minimum Gasteiger partial charge on any atom is -0.391 e. The standard InChI is InChI=1S/C8H11BrN2O/c1-5(12)8(10)6-3-2-4-7(9)11-6/h2-5,8,12H,10H2,1H3/t5-,8+/m0/s1. The predicted molar refractivity (Wildman–Crippen MR) is 50.5 cm³/mol. The first-order chi connectivity index (χ1) is 5.61. The summed E-state index contributed by atoms with van der Waals surface area (Å²) in [6.07, 6.45) is -0.577. The van der Waals surface area contributed by atoms with Gasteiger partial charge in [-0.05, 0) is 35.0 Å². The highest BCUT2D eigenvalue weighted by molar-refractivity contribution is 9.10. The summed E-state index contributed by atoms with van der Waals surface area (Å²) in [5.74, 6) is 0. The molecule has 3 N–H and O–H groups in total. The van der Waals surface area contributed by atoms with E-state index in [1.54, 1.807) is 13.0 Å².